The van der Waals surface area contributed by atoms with E-state index in [1.165, 1.54) is 11.4 Å². The summed E-state index contributed by atoms with van der Waals surface area (Å²) >= 11 is 0. The Labute approximate surface area is 144 Å². The van der Waals surface area contributed by atoms with Gasteiger partial charge in [-0.3, -0.25) is 0 Å². The van der Waals surface area contributed by atoms with Crippen LogP contribution in [0.25, 0.3) is 0 Å². The Hall–Kier alpha value is -1.30. The summed E-state index contributed by atoms with van der Waals surface area (Å²) in [6.07, 6.45) is 0. The van der Waals surface area contributed by atoms with Crippen molar-refractivity contribution in [3.8, 4) is 0 Å². The number of nitrogens with zero attached hydrogens (tertiary/aromatic N) is 2. The zero-order chi connectivity index (χ0) is 12.8. The van der Waals surface area contributed by atoms with Crippen LogP contribution in [0.4, 0.5) is 11.4 Å². The van der Waals surface area contributed by atoms with E-state index in [9.17, 15) is 0 Å². The Kier molecular flexibility index (Phi) is 11.9. The Morgan fingerprint density at radius 2 is 0.905 bits per heavy atom. The van der Waals surface area contributed by atoms with Gasteiger partial charge in [-0.15, -0.1) is 0 Å². The van der Waals surface area contributed by atoms with Crippen LogP contribution < -0.4 is 9.80 Å². The van der Waals surface area contributed by atoms with Gasteiger partial charge in [0.05, 0.1) is 0 Å². The van der Waals surface area contributed by atoms with Crippen molar-refractivity contribution in [2.45, 2.75) is 0 Å². The van der Waals surface area contributed by atoms with Crippen LogP contribution in [0, 0.1) is 14.9 Å². The molecule has 2 nitrogen and oxygen atoms in total. The fourth-order valence-electron chi connectivity index (χ4n) is 1.92. The minimum atomic E-state index is 0. The third kappa shape index (κ3) is 6.80. The molecule has 0 atom stereocenters. The van der Waals surface area contributed by atoms with Gasteiger partial charge >= 0.3 is 0 Å². The number of anilines is 2. The number of para-hydroxylation sites is 2. The molecule has 0 amide bonds. The van der Waals surface area contributed by atoms with Crippen LogP contribution in [0.3, 0.4) is 0 Å². The first-order valence-corrected chi connectivity index (χ1v) is 6.30. The molecule has 0 spiro atoms. The summed E-state index contributed by atoms with van der Waals surface area (Å²) in [5, 5.41) is 0. The van der Waals surface area contributed by atoms with Crippen LogP contribution in [-0.4, -0.2) is 27.2 Å². The standard InChI is InChI=1S/C16H20N2.2CH3.Pd/c1-17(15-9-5-3-6-10-15)13-14-18(2)16-11-7-4-8-12-16;;;/h3-12H,13-14H2,1-2H3;2*1H3;/q;2*-1;. The number of hydrogen-bond acceptors (Lipinski definition) is 2. The number of rotatable bonds is 5. The maximum absolute atomic E-state index is 2.28. The molecule has 2 aromatic carbocycles. The second kappa shape index (κ2) is 11.4. The first kappa shape index (κ1) is 22.0. The van der Waals surface area contributed by atoms with Gasteiger partial charge in [0.25, 0.3) is 0 Å². The van der Waals surface area contributed by atoms with E-state index >= 15 is 0 Å². The van der Waals surface area contributed by atoms with Gasteiger partial charge in [0.2, 0.25) is 0 Å². The van der Waals surface area contributed by atoms with E-state index in [0.717, 1.165) is 13.1 Å². The van der Waals surface area contributed by atoms with Crippen molar-refractivity contribution < 1.29 is 20.4 Å². The summed E-state index contributed by atoms with van der Waals surface area (Å²) in [6.45, 7) is 2.02. The third-order valence-electron chi connectivity index (χ3n) is 3.16. The van der Waals surface area contributed by atoms with Crippen LogP contribution in [0.15, 0.2) is 60.7 Å². The summed E-state index contributed by atoms with van der Waals surface area (Å²) in [6, 6.07) is 21.0. The Morgan fingerprint density at radius 1 is 0.619 bits per heavy atom. The van der Waals surface area contributed by atoms with E-state index < -0.39 is 0 Å². The second-order valence-corrected chi connectivity index (χ2v) is 4.51. The van der Waals surface area contributed by atoms with Gasteiger partial charge in [-0.25, -0.2) is 0 Å². The average molecular weight is 377 g/mol. The number of likely N-dealkylation sites (N-methyl/N-ethyl adjacent to an activating group) is 2. The molecule has 0 aliphatic carbocycles. The van der Waals surface area contributed by atoms with Crippen LogP contribution in [0.1, 0.15) is 0 Å². The molecule has 0 aliphatic heterocycles. The average Bonchev–Trinajstić information content (AvgIpc) is 2.46. The molecular weight excluding hydrogens is 351 g/mol. The summed E-state index contributed by atoms with van der Waals surface area (Å²) in [4.78, 5) is 4.55. The molecule has 120 valence electrons. The molecule has 0 saturated heterocycles. The SMILES string of the molecule is CN(CCN(C)c1ccccc1)c1ccccc1.[CH3-].[CH3-].[Pd]. The predicted octanol–water partition coefficient (Wildman–Crippen LogP) is 4.16. The Balaban J connectivity index is 0. The molecular formula is C18H26N2Pd-2. The molecule has 0 bridgehead atoms. The Morgan fingerprint density at radius 3 is 1.19 bits per heavy atom. The van der Waals surface area contributed by atoms with E-state index in [4.69, 9.17) is 0 Å². The van der Waals surface area contributed by atoms with Gasteiger partial charge in [-0.2, -0.15) is 0 Å². The monoisotopic (exact) mass is 376 g/mol. The first-order chi connectivity index (χ1) is 8.77. The molecule has 0 unspecified atom stereocenters. The summed E-state index contributed by atoms with van der Waals surface area (Å²) < 4.78 is 0. The summed E-state index contributed by atoms with van der Waals surface area (Å²) in [5.74, 6) is 0. The van der Waals surface area contributed by atoms with Gasteiger partial charge in [-0.05, 0) is 24.3 Å². The minimum absolute atomic E-state index is 0. The molecule has 2 aromatic rings. The largest absolute Gasteiger partial charge is 0.373 e. The van der Waals surface area contributed by atoms with E-state index in [2.05, 4.69) is 72.4 Å². The maximum Gasteiger partial charge on any atom is 0.0364 e. The smallest absolute Gasteiger partial charge is 0.0364 e. The van der Waals surface area contributed by atoms with E-state index in [1.54, 1.807) is 0 Å². The van der Waals surface area contributed by atoms with Gasteiger partial charge < -0.3 is 24.7 Å². The second-order valence-electron chi connectivity index (χ2n) is 4.51. The number of benzene rings is 2. The van der Waals surface area contributed by atoms with Crippen LogP contribution in [0.2, 0.25) is 0 Å². The van der Waals surface area contributed by atoms with Gasteiger partial charge in [-0.1, -0.05) is 36.4 Å². The van der Waals surface area contributed by atoms with E-state index in [0.29, 0.717) is 0 Å². The molecule has 0 saturated carbocycles. The van der Waals surface area contributed by atoms with Crippen molar-refractivity contribution in [1.29, 1.82) is 0 Å². The molecule has 0 N–H and O–H groups in total. The van der Waals surface area contributed by atoms with Gasteiger partial charge in [0.15, 0.2) is 0 Å². The molecule has 2 rings (SSSR count). The van der Waals surface area contributed by atoms with Crippen molar-refractivity contribution >= 4 is 11.4 Å². The predicted molar refractivity (Wildman–Crippen MR) is 92.3 cm³/mol. The minimum Gasteiger partial charge on any atom is -0.373 e. The van der Waals surface area contributed by atoms with Crippen molar-refractivity contribution in [3.05, 3.63) is 75.5 Å². The van der Waals surface area contributed by atoms with Crippen molar-refractivity contribution in [2.24, 2.45) is 0 Å². The van der Waals surface area contributed by atoms with E-state index in [-0.39, 0.29) is 35.3 Å². The topological polar surface area (TPSA) is 6.48 Å². The quantitative estimate of drug-likeness (QED) is 0.571. The third-order valence-corrected chi connectivity index (χ3v) is 3.16. The molecule has 0 fully saturated rings. The van der Waals surface area contributed by atoms with Crippen molar-refractivity contribution in [2.75, 3.05) is 37.0 Å². The summed E-state index contributed by atoms with van der Waals surface area (Å²) in [5.41, 5.74) is 2.53. The molecule has 21 heavy (non-hydrogen) atoms. The Bertz CT molecular complexity index is 414. The zero-order valence-electron chi connectivity index (χ0n) is 13.4. The first-order valence-electron chi connectivity index (χ1n) is 6.30. The van der Waals surface area contributed by atoms with Gasteiger partial charge in [0, 0.05) is 59.0 Å². The van der Waals surface area contributed by atoms with Gasteiger partial charge in [0.1, 0.15) is 0 Å². The van der Waals surface area contributed by atoms with Crippen LogP contribution in [0.5, 0.6) is 0 Å². The van der Waals surface area contributed by atoms with Crippen molar-refractivity contribution in [1.82, 2.24) is 0 Å². The fraction of sp³-hybridized carbons (Fsp3) is 0.222. The van der Waals surface area contributed by atoms with E-state index in [1.807, 2.05) is 12.1 Å². The molecule has 0 aromatic heterocycles. The molecule has 0 radical (unpaired) electrons. The summed E-state index contributed by atoms with van der Waals surface area (Å²) in [7, 11) is 4.27. The zero-order valence-corrected chi connectivity index (χ0v) is 15.0. The molecule has 3 heteroatoms. The van der Waals surface area contributed by atoms with Crippen LogP contribution in [-0.2, 0) is 20.4 Å². The maximum atomic E-state index is 2.28. The normalized spacial score (nSPS) is 8.67. The fourth-order valence-corrected chi connectivity index (χ4v) is 1.92. The number of hydrogen-bond donors (Lipinski definition) is 0. The van der Waals surface area contributed by atoms with Crippen LogP contribution >= 0.6 is 0 Å². The molecule has 0 heterocycles. The van der Waals surface area contributed by atoms with Crippen molar-refractivity contribution in [3.63, 3.8) is 0 Å². The molecule has 0 aliphatic rings.